The number of nitrogens with zero attached hydrogens (tertiary/aromatic N) is 1. The minimum atomic E-state index is -0.127. The third-order valence-corrected chi connectivity index (χ3v) is 2.77. The van der Waals surface area contributed by atoms with E-state index in [-0.39, 0.29) is 12.5 Å². The SMILES string of the molecule is CCN(CC(=O)NC)Cc1ccc(C#CCO)cc1. The summed E-state index contributed by atoms with van der Waals surface area (Å²) in [4.78, 5) is 13.4. The van der Waals surface area contributed by atoms with Crippen LogP contribution in [0.25, 0.3) is 0 Å². The van der Waals surface area contributed by atoms with Crippen LogP contribution in [-0.2, 0) is 11.3 Å². The molecule has 19 heavy (non-hydrogen) atoms. The van der Waals surface area contributed by atoms with Gasteiger partial charge in [-0.3, -0.25) is 9.69 Å². The average Bonchev–Trinajstić information content (AvgIpc) is 2.45. The molecule has 0 saturated carbocycles. The average molecular weight is 260 g/mol. The van der Waals surface area contributed by atoms with E-state index in [0.717, 1.165) is 24.2 Å². The molecule has 0 radical (unpaired) electrons. The summed E-state index contributed by atoms with van der Waals surface area (Å²) in [7, 11) is 1.64. The molecule has 1 aromatic rings. The molecular weight excluding hydrogens is 240 g/mol. The van der Waals surface area contributed by atoms with Gasteiger partial charge in [0.25, 0.3) is 0 Å². The molecule has 0 aliphatic carbocycles. The first-order valence-electron chi connectivity index (χ1n) is 6.31. The molecule has 0 aliphatic heterocycles. The molecule has 1 amide bonds. The van der Waals surface area contributed by atoms with Crippen LogP contribution < -0.4 is 5.32 Å². The highest BCUT2D eigenvalue weighted by atomic mass is 16.2. The van der Waals surface area contributed by atoms with Crippen molar-refractivity contribution in [1.29, 1.82) is 0 Å². The Bertz CT molecular complexity index is 457. The van der Waals surface area contributed by atoms with Gasteiger partial charge in [0.05, 0.1) is 6.54 Å². The van der Waals surface area contributed by atoms with Gasteiger partial charge in [0.2, 0.25) is 5.91 Å². The predicted molar refractivity (Wildman–Crippen MR) is 75.4 cm³/mol. The molecule has 0 bridgehead atoms. The quantitative estimate of drug-likeness (QED) is 0.762. The van der Waals surface area contributed by atoms with Crippen LogP contribution in [-0.4, -0.2) is 42.7 Å². The number of carbonyl (C=O) groups excluding carboxylic acids is 1. The van der Waals surface area contributed by atoms with E-state index >= 15 is 0 Å². The lowest BCUT2D eigenvalue weighted by Crippen LogP contribution is -2.35. The fourth-order valence-electron chi connectivity index (χ4n) is 1.65. The van der Waals surface area contributed by atoms with Crippen molar-refractivity contribution in [3.05, 3.63) is 35.4 Å². The van der Waals surface area contributed by atoms with Gasteiger partial charge in [-0.25, -0.2) is 0 Å². The molecule has 0 aromatic heterocycles. The van der Waals surface area contributed by atoms with Crippen LogP contribution in [0.1, 0.15) is 18.1 Å². The molecule has 0 spiro atoms. The minimum Gasteiger partial charge on any atom is -0.384 e. The topological polar surface area (TPSA) is 52.6 Å². The van der Waals surface area contributed by atoms with Crippen LogP contribution in [0, 0.1) is 11.8 Å². The van der Waals surface area contributed by atoms with Crippen LogP contribution in [0.5, 0.6) is 0 Å². The van der Waals surface area contributed by atoms with Crippen LogP contribution in [0.4, 0.5) is 0 Å². The highest BCUT2D eigenvalue weighted by Gasteiger charge is 2.07. The lowest BCUT2D eigenvalue weighted by atomic mass is 10.1. The van der Waals surface area contributed by atoms with Crippen LogP contribution in [0.3, 0.4) is 0 Å². The maximum Gasteiger partial charge on any atom is 0.233 e. The normalized spacial score (nSPS) is 9.89. The van der Waals surface area contributed by atoms with Gasteiger partial charge in [0.1, 0.15) is 6.61 Å². The molecular formula is C15H20N2O2. The number of aliphatic hydroxyl groups excluding tert-OH is 1. The third kappa shape index (κ3) is 5.56. The number of hydrogen-bond acceptors (Lipinski definition) is 3. The maximum atomic E-state index is 11.3. The number of nitrogens with one attached hydrogen (secondary N) is 1. The maximum absolute atomic E-state index is 11.3. The Hall–Kier alpha value is -1.83. The van der Waals surface area contributed by atoms with Gasteiger partial charge in [-0.05, 0) is 24.2 Å². The molecule has 0 fully saturated rings. The minimum absolute atomic E-state index is 0.0206. The largest absolute Gasteiger partial charge is 0.384 e. The molecule has 4 nitrogen and oxygen atoms in total. The van der Waals surface area contributed by atoms with Crippen molar-refractivity contribution < 1.29 is 9.90 Å². The summed E-state index contributed by atoms with van der Waals surface area (Å²) in [5, 5.41) is 11.2. The summed E-state index contributed by atoms with van der Waals surface area (Å²) in [6.45, 7) is 3.86. The first kappa shape index (κ1) is 15.2. The Morgan fingerprint density at radius 2 is 2.05 bits per heavy atom. The standard InChI is InChI=1S/C15H20N2O2/c1-3-17(12-15(19)16-2)11-14-8-6-13(7-9-14)5-4-10-18/h6-9,18H,3,10-12H2,1-2H3,(H,16,19). The Balaban J connectivity index is 2.62. The van der Waals surface area contributed by atoms with Crippen LogP contribution >= 0.6 is 0 Å². The highest BCUT2D eigenvalue weighted by Crippen LogP contribution is 2.06. The van der Waals surface area contributed by atoms with Crippen LogP contribution in [0.15, 0.2) is 24.3 Å². The predicted octanol–water partition coefficient (Wildman–Crippen LogP) is 0.598. The summed E-state index contributed by atoms with van der Waals surface area (Å²) in [5.74, 6) is 5.48. The molecule has 0 unspecified atom stereocenters. The molecule has 4 heteroatoms. The van der Waals surface area contributed by atoms with Gasteiger partial charge in [-0.15, -0.1) is 0 Å². The zero-order chi connectivity index (χ0) is 14.1. The van der Waals surface area contributed by atoms with E-state index in [0.29, 0.717) is 6.54 Å². The molecule has 0 aliphatic rings. The van der Waals surface area contributed by atoms with Gasteiger partial charge in [0.15, 0.2) is 0 Å². The monoisotopic (exact) mass is 260 g/mol. The summed E-state index contributed by atoms with van der Waals surface area (Å²) in [6, 6.07) is 7.83. The van der Waals surface area contributed by atoms with E-state index in [4.69, 9.17) is 5.11 Å². The van der Waals surface area contributed by atoms with Crippen molar-refractivity contribution >= 4 is 5.91 Å². The van der Waals surface area contributed by atoms with Crippen molar-refractivity contribution in [1.82, 2.24) is 10.2 Å². The first-order chi connectivity index (χ1) is 9.19. The molecule has 102 valence electrons. The van der Waals surface area contributed by atoms with Gasteiger partial charge in [0, 0.05) is 19.2 Å². The zero-order valence-corrected chi connectivity index (χ0v) is 11.4. The van der Waals surface area contributed by atoms with E-state index in [1.54, 1.807) is 7.05 Å². The van der Waals surface area contributed by atoms with Crippen molar-refractivity contribution in [2.45, 2.75) is 13.5 Å². The summed E-state index contributed by atoms with van der Waals surface area (Å²) in [6.07, 6.45) is 0. The molecule has 0 saturated heterocycles. The van der Waals surface area contributed by atoms with Gasteiger partial charge >= 0.3 is 0 Å². The number of likely N-dealkylation sites (N-methyl/N-ethyl adjacent to an activating group) is 2. The second-order valence-corrected chi connectivity index (χ2v) is 4.13. The smallest absolute Gasteiger partial charge is 0.233 e. The Morgan fingerprint density at radius 1 is 1.37 bits per heavy atom. The molecule has 0 atom stereocenters. The first-order valence-corrected chi connectivity index (χ1v) is 6.31. The van der Waals surface area contributed by atoms with Crippen molar-refractivity contribution in [2.75, 3.05) is 26.7 Å². The van der Waals surface area contributed by atoms with E-state index < -0.39 is 0 Å². The number of hydrogen-bond donors (Lipinski definition) is 2. The summed E-state index contributed by atoms with van der Waals surface area (Å²) >= 11 is 0. The summed E-state index contributed by atoms with van der Waals surface area (Å²) < 4.78 is 0. The molecule has 2 N–H and O–H groups in total. The van der Waals surface area contributed by atoms with Gasteiger partial charge in [-0.2, -0.15) is 0 Å². The lowest BCUT2D eigenvalue weighted by molar-refractivity contribution is -0.121. The molecule has 1 aromatic carbocycles. The van der Waals surface area contributed by atoms with Crippen LogP contribution in [0.2, 0.25) is 0 Å². The van der Waals surface area contributed by atoms with E-state index in [1.807, 2.05) is 31.2 Å². The number of rotatable bonds is 5. The molecule has 1 rings (SSSR count). The van der Waals surface area contributed by atoms with Gasteiger partial charge < -0.3 is 10.4 Å². The summed E-state index contributed by atoms with van der Waals surface area (Å²) in [5.41, 5.74) is 2.02. The highest BCUT2D eigenvalue weighted by molar-refractivity contribution is 5.77. The second-order valence-electron chi connectivity index (χ2n) is 4.13. The number of benzene rings is 1. The fourth-order valence-corrected chi connectivity index (χ4v) is 1.65. The number of amides is 1. The van der Waals surface area contributed by atoms with Crippen molar-refractivity contribution in [2.24, 2.45) is 0 Å². The zero-order valence-electron chi connectivity index (χ0n) is 11.4. The number of carbonyl (C=O) groups is 1. The van der Waals surface area contributed by atoms with Gasteiger partial charge in [-0.1, -0.05) is 30.9 Å². The fraction of sp³-hybridized carbons (Fsp3) is 0.400. The Kier molecular flexibility index (Phi) is 6.65. The third-order valence-electron chi connectivity index (χ3n) is 2.77. The van der Waals surface area contributed by atoms with Crippen molar-refractivity contribution in [3.8, 4) is 11.8 Å². The van der Waals surface area contributed by atoms with E-state index in [9.17, 15) is 4.79 Å². The Morgan fingerprint density at radius 3 is 2.58 bits per heavy atom. The molecule has 0 heterocycles. The lowest BCUT2D eigenvalue weighted by Gasteiger charge is -2.19. The van der Waals surface area contributed by atoms with E-state index in [1.165, 1.54) is 0 Å². The van der Waals surface area contributed by atoms with Crippen molar-refractivity contribution in [3.63, 3.8) is 0 Å². The Labute approximate surface area is 114 Å². The number of aliphatic hydroxyl groups is 1. The van der Waals surface area contributed by atoms with E-state index in [2.05, 4.69) is 22.1 Å². The second kappa shape index (κ2) is 8.30.